The number of benzene rings is 2. The minimum absolute atomic E-state index is 0.350. The third-order valence-corrected chi connectivity index (χ3v) is 4.05. The van der Waals surface area contributed by atoms with Crippen LogP contribution in [0.1, 0.15) is 24.1 Å². The molecule has 0 fully saturated rings. The van der Waals surface area contributed by atoms with Gasteiger partial charge in [-0.2, -0.15) is 0 Å². The van der Waals surface area contributed by atoms with E-state index >= 15 is 0 Å². The molecule has 0 aliphatic carbocycles. The summed E-state index contributed by atoms with van der Waals surface area (Å²) in [6.07, 6.45) is 0.978. The molecule has 1 nitrogen and oxygen atoms in total. The molecule has 100 valence electrons. The van der Waals surface area contributed by atoms with Crippen molar-refractivity contribution in [3.05, 3.63) is 68.3 Å². The molecule has 1 unspecified atom stereocenters. The maximum atomic E-state index is 5.93. The van der Waals surface area contributed by atoms with Crippen LogP contribution in [0.25, 0.3) is 0 Å². The molecule has 19 heavy (non-hydrogen) atoms. The van der Waals surface area contributed by atoms with Gasteiger partial charge in [-0.05, 0) is 70.9 Å². The Kier molecular flexibility index (Phi) is 5.67. The van der Waals surface area contributed by atoms with Crippen molar-refractivity contribution >= 4 is 34.2 Å². The SMILES string of the molecule is CCNC(Cc1ccc(Cl)cc1)c1ccc(I)cc1. The van der Waals surface area contributed by atoms with Gasteiger partial charge in [0.15, 0.2) is 0 Å². The van der Waals surface area contributed by atoms with Crippen LogP contribution in [0.4, 0.5) is 0 Å². The van der Waals surface area contributed by atoms with Crippen LogP contribution in [0.15, 0.2) is 48.5 Å². The molecule has 3 heteroatoms. The monoisotopic (exact) mass is 385 g/mol. The molecule has 0 saturated carbocycles. The Labute approximate surface area is 133 Å². The average molecular weight is 386 g/mol. The molecule has 1 atom stereocenters. The first-order chi connectivity index (χ1) is 9.19. The summed E-state index contributed by atoms with van der Waals surface area (Å²) >= 11 is 8.26. The Morgan fingerprint density at radius 2 is 1.68 bits per heavy atom. The number of hydrogen-bond acceptors (Lipinski definition) is 1. The van der Waals surface area contributed by atoms with Crippen LogP contribution in [0.5, 0.6) is 0 Å². The smallest absolute Gasteiger partial charge is 0.0406 e. The van der Waals surface area contributed by atoms with Gasteiger partial charge in [-0.3, -0.25) is 0 Å². The second-order valence-corrected chi connectivity index (χ2v) is 6.17. The zero-order valence-electron chi connectivity index (χ0n) is 10.9. The molecule has 1 N–H and O–H groups in total. The molecule has 0 spiro atoms. The molecule has 0 aliphatic rings. The van der Waals surface area contributed by atoms with E-state index in [4.69, 9.17) is 11.6 Å². The summed E-state index contributed by atoms with van der Waals surface area (Å²) in [5.74, 6) is 0. The van der Waals surface area contributed by atoms with Gasteiger partial charge in [-0.1, -0.05) is 42.8 Å². The second kappa shape index (κ2) is 7.27. The van der Waals surface area contributed by atoms with Crippen LogP contribution >= 0.6 is 34.2 Å². The summed E-state index contributed by atoms with van der Waals surface area (Å²) in [6.45, 7) is 3.10. The van der Waals surface area contributed by atoms with Crippen LogP contribution in [0.2, 0.25) is 5.02 Å². The third kappa shape index (κ3) is 4.48. The highest BCUT2D eigenvalue weighted by molar-refractivity contribution is 14.1. The van der Waals surface area contributed by atoms with Crippen molar-refractivity contribution in [1.82, 2.24) is 5.32 Å². The average Bonchev–Trinajstić information content (AvgIpc) is 2.42. The molecule has 0 aromatic heterocycles. The number of likely N-dealkylation sites (N-methyl/N-ethyl adjacent to an activating group) is 1. The quantitative estimate of drug-likeness (QED) is 0.726. The molecular formula is C16H17ClIN. The van der Waals surface area contributed by atoms with Crippen molar-refractivity contribution in [1.29, 1.82) is 0 Å². The van der Waals surface area contributed by atoms with E-state index in [0.29, 0.717) is 6.04 Å². The van der Waals surface area contributed by atoms with Crippen LogP contribution in [-0.2, 0) is 6.42 Å². The van der Waals surface area contributed by atoms with Crippen molar-refractivity contribution in [2.45, 2.75) is 19.4 Å². The highest BCUT2D eigenvalue weighted by Gasteiger charge is 2.10. The maximum absolute atomic E-state index is 5.93. The molecule has 0 amide bonds. The minimum atomic E-state index is 0.350. The lowest BCUT2D eigenvalue weighted by atomic mass is 9.99. The molecule has 0 radical (unpaired) electrons. The van der Waals surface area contributed by atoms with Crippen LogP contribution in [0.3, 0.4) is 0 Å². The molecular weight excluding hydrogens is 369 g/mol. The van der Waals surface area contributed by atoms with Crippen molar-refractivity contribution in [2.75, 3.05) is 6.54 Å². The summed E-state index contributed by atoms with van der Waals surface area (Å²) in [4.78, 5) is 0. The van der Waals surface area contributed by atoms with E-state index < -0.39 is 0 Å². The molecule has 0 aliphatic heterocycles. The summed E-state index contributed by atoms with van der Waals surface area (Å²) in [6, 6.07) is 17.2. The first-order valence-electron chi connectivity index (χ1n) is 6.42. The topological polar surface area (TPSA) is 12.0 Å². The highest BCUT2D eigenvalue weighted by atomic mass is 127. The second-order valence-electron chi connectivity index (χ2n) is 4.49. The Bertz CT molecular complexity index is 507. The number of halogens is 2. The lowest BCUT2D eigenvalue weighted by molar-refractivity contribution is 0.550. The van der Waals surface area contributed by atoms with E-state index in [9.17, 15) is 0 Å². The predicted octanol–water partition coefficient (Wildman–Crippen LogP) is 4.84. The largest absolute Gasteiger partial charge is 0.310 e. The predicted molar refractivity (Wildman–Crippen MR) is 90.7 cm³/mol. The van der Waals surface area contributed by atoms with Gasteiger partial charge >= 0.3 is 0 Å². The zero-order chi connectivity index (χ0) is 13.7. The fourth-order valence-corrected chi connectivity index (χ4v) is 2.59. The van der Waals surface area contributed by atoms with Crippen molar-refractivity contribution < 1.29 is 0 Å². The van der Waals surface area contributed by atoms with Gasteiger partial charge in [0.2, 0.25) is 0 Å². The fraction of sp³-hybridized carbons (Fsp3) is 0.250. The van der Waals surface area contributed by atoms with Crippen LogP contribution < -0.4 is 5.32 Å². The molecule has 2 aromatic rings. The van der Waals surface area contributed by atoms with Gasteiger partial charge in [0, 0.05) is 14.6 Å². The van der Waals surface area contributed by atoms with E-state index in [2.05, 4.69) is 71.2 Å². The van der Waals surface area contributed by atoms with Crippen molar-refractivity contribution in [3.8, 4) is 0 Å². The first-order valence-corrected chi connectivity index (χ1v) is 7.88. The van der Waals surface area contributed by atoms with E-state index in [1.165, 1.54) is 14.7 Å². The summed E-state index contributed by atoms with van der Waals surface area (Å²) < 4.78 is 1.27. The summed E-state index contributed by atoms with van der Waals surface area (Å²) in [5, 5.41) is 4.34. The van der Waals surface area contributed by atoms with Gasteiger partial charge in [-0.25, -0.2) is 0 Å². The van der Waals surface area contributed by atoms with E-state index in [-0.39, 0.29) is 0 Å². The molecule has 2 aromatic carbocycles. The van der Waals surface area contributed by atoms with Crippen molar-refractivity contribution in [3.63, 3.8) is 0 Å². The Hall–Kier alpha value is -0.580. The number of hydrogen-bond donors (Lipinski definition) is 1. The fourth-order valence-electron chi connectivity index (χ4n) is 2.11. The Morgan fingerprint density at radius 3 is 2.26 bits per heavy atom. The number of nitrogens with one attached hydrogen (secondary N) is 1. The van der Waals surface area contributed by atoms with E-state index in [0.717, 1.165) is 18.0 Å². The Balaban J connectivity index is 2.15. The number of rotatable bonds is 5. The van der Waals surface area contributed by atoms with Crippen LogP contribution in [-0.4, -0.2) is 6.54 Å². The summed E-state index contributed by atoms with van der Waals surface area (Å²) in [7, 11) is 0. The van der Waals surface area contributed by atoms with E-state index in [1.54, 1.807) is 0 Å². The zero-order valence-corrected chi connectivity index (χ0v) is 13.8. The Morgan fingerprint density at radius 1 is 1.05 bits per heavy atom. The molecule has 0 saturated heterocycles. The highest BCUT2D eigenvalue weighted by Crippen LogP contribution is 2.20. The van der Waals surface area contributed by atoms with Crippen molar-refractivity contribution in [2.24, 2.45) is 0 Å². The molecule has 0 heterocycles. The third-order valence-electron chi connectivity index (χ3n) is 3.08. The van der Waals surface area contributed by atoms with Gasteiger partial charge in [0.25, 0.3) is 0 Å². The lowest BCUT2D eigenvalue weighted by Gasteiger charge is -2.18. The van der Waals surface area contributed by atoms with Crippen LogP contribution in [0, 0.1) is 3.57 Å². The maximum Gasteiger partial charge on any atom is 0.0406 e. The standard InChI is InChI=1S/C16H17ClIN/c1-2-19-16(13-5-9-15(18)10-6-13)11-12-3-7-14(17)8-4-12/h3-10,16,19H,2,11H2,1H3. The summed E-state index contributed by atoms with van der Waals surface area (Å²) in [5.41, 5.74) is 2.63. The first kappa shape index (κ1) is 14.8. The van der Waals surface area contributed by atoms with Gasteiger partial charge < -0.3 is 5.32 Å². The molecule has 0 bridgehead atoms. The minimum Gasteiger partial charge on any atom is -0.310 e. The lowest BCUT2D eigenvalue weighted by Crippen LogP contribution is -2.22. The van der Waals surface area contributed by atoms with E-state index in [1.807, 2.05) is 12.1 Å². The van der Waals surface area contributed by atoms with Gasteiger partial charge in [-0.15, -0.1) is 0 Å². The van der Waals surface area contributed by atoms with Gasteiger partial charge in [0.05, 0.1) is 0 Å². The van der Waals surface area contributed by atoms with Gasteiger partial charge in [0.1, 0.15) is 0 Å². The normalized spacial score (nSPS) is 12.4. The molecule has 2 rings (SSSR count).